The topological polar surface area (TPSA) is 107 Å². The second-order valence-electron chi connectivity index (χ2n) is 4.42. The lowest BCUT2D eigenvalue weighted by Crippen LogP contribution is -2.42. The zero-order valence-electron chi connectivity index (χ0n) is 11.0. The SMILES string of the molecule is CC(C)N(CC(N)=O)C(=O)c1ccc([N+](=O)[O-])c(Cl)c1. The number of rotatable bonds is 5. The molecule has 0 saturated carbocycles. The predicted octanol–water partition coefficient (Wildman–Crippen LogP) is 1.58. The predicted molar refractivity (Wildman–Crippen MR) is 73.5 cm³/mol. The summed E-state index contributed by atoms with van der Waals surface area (Å²) in [5, 5.41) is 10.5. The number of nitrogens with zero attached hydrogens (tertiary/aromatic N) is 2. The molecule has 0 bridgehead atoms. The van der Waals surface area contributed by atoms with E-state index in [1.807, 2.05) is 0 Å². The van der Waals surface area contributed by atoms with Gasteiger partial charge in [0, 0.05) is 17.7 Å². The number of nitro groups is 1. The fourth-order valence-electron chi connectivity index (χ4n) is 1.61. The molecule has 108 valence electrons. The molecular formula is C12H14ClN3O4. The van der Waals surface area contributed by atoms with E-state index in [-0.39, 0.29) is 28.9 Å². The summed E-state index contributed by atoms with van der Waals surface area (Å²) in [6.07, 6.45) is 0. The molecule has 1 aromatic rings. The first-order chi connectivity index (χ1) is 9.23. The van der Waals surface area contributed by atoms with Crippen LogP contribution in [0.5, 0.6) is 0 Å². The molecule has 0 aromatic heterocycles. The maximum absolute atomic E-state index is 12.2. The third-order valence-electron chi connectivity index (χ3n) is 2.60. The number of nitro benzene ring substituents is 1. The maximum atomic E-state index is 12.2. The van der Waals surface area contributed by atoms with E-state index in [9.17, 15) is 19.7 Å². The van der Waals surface area contributed by atoms with Crippen LogP contribution in [0.4, 0.5) is 5.69 Å². The molecule has 0 atom stereocenters. The molecule has 1 rings (SSSR count). The van der Waals surface area contributed by atoms with Crippen LogP contribution in [0.2, 0.25) is 5.02 Å². The highest BCUT2D eigenvalue weighted by Crippen LogP contribution is 2.25. The molecule has 0 aliphatic heterocycles. The van der Waals surface area contributed by atoms with Gasteiger partial charge in [0.2, 0.25) is 5.91 Å². The molecule has 0 aliphatic carbocycles. The highest BCUT2D eigenvalue weighted by molar-refractivity contribution is 6.33. The minimum atomic E-state index is -0.639. The van der Waals surface area contributed by atoms with E-state index in [0.29, 0.717) is 0 Å². The maximum Gasteiger partial charge on any atom is 0.287 e. The molecule has 1 aromatic carbocycles. The summed E-state index contributed by atoms with van der Waals surface area (Å²) >= 11 is 5.75. The second kappa shape index (κ2) is 6.33. The van der Waals surface area contributed by atoms with Crippen LogP contribution in [0.1, 0.15) is 24.2 Å². The van der Waals surface area contributed by atoms with Crippen molar-refractivity contribution in [3.05, 3.63) is 38.9 Å². The fraction of sp³-hybridized carbons (Fsp3) is 0.333. The average Bonchev–Trinajstić information content (AvgIpc) is 2.34. The van der Waals surface area contributed by atoms with Crippen LogP contribution in [-0.2, 0) is 4.79 Å². The van der Waals surface area contributed by atoms with Crippen molar-refractivity contribution < 1.29 is 14.5 Å². The van der Waals surface area contributed by atoms with E-state index in [0.717, 1.165) is 6.07 Å². The van der Waals surface area contributed by atoms with Crippen molar-refractivity contribution >= 4 is 29.1 Å². The Labute approximate surface area is 120 Å². The Morgan fingerprint density at radius 3 is 2.45 bits per heavy atom. The molecule has 0 aliphatic rings. The van der Waals surface area contributed by atoms with Crippen LogP contribution in [0.25, 0.3) is 0 Å². The minimum Gasteiger partial charge on any atom is -0.368 e. The molecular weight excluding hydrogens is 286 g/mol. The van der Waals surface area contributed by atoms with Gasteiger partial charge in [-0.3, -0.25) is 19.7 Å². The Bertz CT molecular complexity index is 560. The standard InChI is InChI=1S/C12H14ClN3O4/c1-7(2)15(6-11(14)17)12(18)8-3-4-10(16(19)20)9(13)5-8/h3-5,7H,6H2,1-2H3,(H2,14,17). The molecule has 0 heterocycles. The van der Waals surface area contributed by atoms with Gasteiger partial charge < -0.3 is 10.6 Å². The number of benzene rings is 1. The van der Waals surface area contributed by atoms with Crippen LogP contribution in [0.3, 0.4) is 0 Å². The summed E-state index contributed by atoms with van der Waals surface area (Å²) in [5.41, 5.74) is 4.97. The smallest absolute Gasteiger partial charge is 0.287 e. The van der Waals surface area contributed by atoms with Crippen LogP contribution < -0.4 is 5.73 Å². The number of nitrogens with two attached hydrogens (primary N) is 1. The summed E-state index contributed by atoms with van der Waals surface area (Å²) in [6, 6.07) is 3.41. The zero-order valence-corrected chi connectivity index (χ0v) is 11.8. The first-order valence-electron chi connectivity index (χ1n) is 5.77. The molecule has 20 heavy (non-hydrogen) atoms. The van der Waals surface area contributed by atoms with Crippen molar-refractivity contribution in [1.82, 2.24) is 4.90 Å². The molecule has 0 spiro atoms. The Kier molecular flexibility index (Phi) is 5.04. The lowest BCUT2D eigenvalue weighted by molar-refractivity contribution is -0.384. The monoisotopic (exact) mass is 299 g/mol. The summed E-state index contributed by atoms with van der Waals surface area (Å²) in [7, 11) is 0. The zero-order chi connectivity index (χ0) is 15.4. The van der Waals surface area contributed by atoms with Gasteiger partial charge in [-0.2, -0.15) is 0 Å². The van der Waals surface area contributed by atoms with Gasteiger partial charge in [0.15, 0.2) is 0 Å². The second-order valence-corrected chi connectivity index (χ2v) is 4.82. The first kappa shape index (κ1) is 15.9. The van der Waals surface area contributed by atoms with Crippen molar-refractivity contribution in [1.29, 1.82) is 0 Å². The highest BCUT2D eigenvalue weighted by atomic mass is 35.5. The Morgan fingerprint density at radius 2 is 2.05 bits per heavy atom. The molecule has 2 N–H and O–H groups in total. The summed E-state index contributed by atoms with van der Waals surface area (Å²) in [4.78, 5) is 34.5. The van der Waals surface area contributed by atoms with E-state index < -0.39 is 16.7 Å². The Morgan fingerprint density at radius 1 is 1.45 bits per heavy atom. The van der Waals surface area contributed by atoms with Crippen molar-refractivity contribution in [3.63, 3.8) is 0 Å². The normalized spacial score (nSPS) is 10.4. The number of halogens is 1. The summed E-state index contributed by atoms with van der Waals surface area (Å²) < 4.78 is 0. The van der Waals surface area contributed by atoms with E-state index in [1.165, 1.54) is 17.0 Å². The quantitative estimate of drug-likeness (QED) is 0.658. The highest BCUT2D eigenvalue weighted by Gasteiger charge is 2.22. The van der Waals surface area contributed by atoms with E-state index in [1.54, 1.807) is 13.8 Å². The fourth-order valence-corrected chi connectivity index (χ4v) is 1.86. The average molecular weight is 300 g/mol. The lowest BCUT2D eigenvalue weighted by Gasteiger charge is -2.25. The summed E-state index contributed by atoms with van der Waals surface area (Å²) in [5.74, 6) is -1.10. The van der Waals surface area contributed by atoms with E-state index in [2.05, 4.69) is 0 Å². The van der Waals surface area contributed by atoms with Gasteiger partial charge in [0.05, 0.1) is 11.5 Å². The van der Waals surface area contributed by atoms with Crippen LogP contribution in [0, 0.1) is 10.1 Å². The van der Waals surface area contributed by atoms with E-state index >= 15 is 0 Å². The lowest BCUT2D eigenvalue weighted by atomic mass is 10.1. The molecule has 0 saturated heterocycles. The molecule has 0 fully saturated rings. The van der Waals surface area contributed by atoms with Gasteiger partial charge in [-0.15, -0.1) is 0 Å². The molecule has 0 unspecified atom stereocenters. The van der Waals surface area contributed by atoms with Gasteiger partial charge in [-0.05, 0) is 26.0 Å². The third-order valence-corrected chi connectivity index (χ3v) is 2.90. The minimum absolute atomic E-state index is 0.136. The van der Waals surface area contributed by atoms with Crippen LogP contribution in [0.15, 0.2) is 18.2 Å². The van der Waals surface area contributed by atoms with Gasteiger partial charge in [0.25, 0.3) is 11.6 Å². The number of amides is 2. The first-order valence-corrected chi connectivity index (χ1v) is 6.15. The molecule has 8 heteroatoms. The Hall–Kier alpha value is -2.15. The molecule has 2 amide bonds. The molecule has 7 nitrogen and oxygen atoms in total. The largest absolute Gasteiger partial charge is 0.368 e. The van der Waals surface area contributed by atoms with Crippen LogP contribution >= 0.6 is 11.6 Å². The van der Waals surface area contributed by atoms with E-state index in [4.69, 9.17) is 17.3 Å². The van der Waals surface area contributed by atoms with Gasteiger partial charge >= 0.3 is 0 Å². The van der Waals surface area contributed by atoms with Gasteiger partial charge in [0.1, 0.15) is 5.02 Å². The van der Waals surface area contributed by atoms with Crippen molar-refractivity contribution in [3.8, 4) is 0 Å². The number of primary amides is 1. The van der Waals surface area contributed by atoms with Crippen molar-refractivity contribution in [2.24, 2.45) is 5.73 Å². The van der Waals surface area contributed by atoms with Gasteiger partial charge in [-0.1, -0.05) is 11.6 Å². The van der Waals surface area contributed by atoms with Crippen LogP contribution in [-0.4, -0.2) is 34.2 Å². The number of hydrogen-bond acceptors (Lipinski definition) is 4. The van der Waals surface area contributed by atoms with Crippen molar-refractivity contribution in [2.75, 3.05) is 6.54 Å². The molecule has 0 radical (unpaired) electrons. The Balaban J connectivity index is 3.09. The van der Waals surface area contributed by atoms with Gasteiger partial charge in [-0.25, -0.2) is 0 Å². The number of carbonyl (C=O) groups is 2. The number of carbonyl (C=O) groups excluding carboxylic acids is 2. The summed E-state index contributed by atoms with van der Waals surface area (Å²) in [6.45, 7) is 3.23. The van der Waals surface area contributed by atoms with Crippen molar-refractivity contribution in [2.45, 2.75) is 19.9 Å². The third kappa shape index (κ3) is 3.67. The number of hydrogen-bond donors (Lipinski definition) is 1.